The molecule has 1 aliphatic heterocycles. The fourth-order valence-electron chi connectivity index (χ4n) is 2.26. The molecule has 1 fully saturated rings. The number of ether oxygens (including phenoxy) is 2. The molecule has 2 atom stereocenters. The Balaban J connectivity index is 1.98. The van der Waals surface area contributed by atoms with Gasteiger partial charge in [-0.05, 0) is 6.07 Å². The Morgan fingerprint density at radius 3 is 2.95 bits per heavy atom. The van der Waals surface area contributed by atoms with Gasteiger partial charge in [0.2, 0.25) is 5.79 Å². The molecule has 2 unspecified atom stereocenters. The van der Waals surface area contributed by atoms with Crippen LogP contribution < -0.4 is 0 Å². The second kappa shape index (κ2) is 5.49. The Bertz CT molecular complexity index is 578. The number of aliphatic hydroxyl groups is 1. The molecule has 0 saturated carbocycles. The molecule has 0 radical (unpaired) electrons. The zero-order valence-corrected chi connectivity index (χ0v) is 11.4. The molecule has 20 heavy (non-hydrogen) atoms. The van der Waals surface area contributed by atoms with Crippen LogP contribution in [0.5, 0.6) is 0 Å². The summed E-state index contributed by atoms with van der Waals surface area (Å²) in [7, 11) is 0. The molecule has 2 aromatic rings. The predicted molar refractivity (Wildman–Crippen MR) is 71.1 cm³/mol. The monoisotopic (exact) mass is 295 g/mol. The first-order valence-electron chi connectivity index (χ1n) is 6.23. The maximum absolute atomic E-state index is 9.27. The highest BCUT2D eigenvalue weighted by molar-refractivity contribution is 6.31. The molecule has 2 heterocycles. The Morgan fingerprint density at radius 1 is 1.45 bits per heavy atom. The largest absolute Gasteiger partial charge is 0.394 e. The first-order valence-corrected chi connectivity index (χ1v) is 6.61. The zero-order valence-electron chi connectivity index (χ0n) is 10.6. The van der Waals surface area contributed by atoms with Crippen LogP contribution in [0.1, 0.15) is 5.56 Å². The van der Waals surface area contributed by atoms with Crippen LogP contribution in [0.15, 0.2) is 36.9 Å². The summed E-state index contributed by atoms with van der Waals surface area (Å²) in [4.78, 5) is 3.91. The van der Waals surface area contributed by atoms with Crippen LogP contribution in [0, 0.1) is 0 Å². The van der Waals surface area contributed by atoms with Crippen LogP contribution in [-0.4, -0.2) is 39.2 Å². The van der Waals surface area contributed by atoms with Gasteiger partial charge in [-0.1, -0.05) is 29.8 Å². The lowest BCUT2D eigenvalue weighted by Gasteiger charge is -2.29. The highest BCUT2D eigenvalue weighted by atomic mass is 35.5. The molecule has 3 rings (SSSR count). The second-order valence-electron chi connectivity index (χ2n) is 4.56. The van der Waals surface area contributed by atoms with Crippen molar-refractivity contribution in [1.82, 2.24) is 14.8 Å². The van der Waals surface area contributed by atoms with E-state index in [0.29, 0.717) is 23.7 Å². The number of rotatable bonds is 4. The minimum atomic E-state index is -1.06. The summed E-state index contributed by atoms with van der Waals surface area (Å²) in [6.07, 6.45) is 2.64. The molecule has 0 spiro atoms. The number of hydrogen-bond acceptors (Lipinski definition) is 5. The summed E-state index contributed by atoms with van der Waals surface area (Å²) >= 11 is 6.26. The number of halogens is 1. The van der Waals surface area contributed by atoms with Gasteiger partial charge < -0.3 is 14.6 Å². The zero-order chi connectivity index (χ0) is 14.0. The first kappa shape index (κ1) is 13.5. The SMILES string of the molecule is OCC1COC(Cn2cncn2)(c2ccccc2Cl)O1. The lowest BCUT2D eigenvalue weighted by atomic mass is 10.1. The summed E-state index contributed by atoms with van der Waals surface area (Å²) in [6.45, 7) is 0.507. The molecule has 6 nitrogen and oxygen atoms in total. The van der Waals surface area contributed by atoms with E-state index in [2.05, 4.69) is 10.1 Å². The summed E-state index contributed by atoms with van der Waals surface area (Å²) < 4.78 is 13.3. The average molecular weight is 296 g/mol. The molecule has 0 bridgehead atoms. The number of benzene rings is 1. The maximum atomic E-state index is 9.27. The van der Waals surface area contributed by atoms with Crippen molar-refractivity contribution in [2.45, 2.75) is 18.4 Å². The minimum absolute atomic E-state index is 0.108. The fraction of sp³-hybridized carbons (Fsp3) is 0.385. The predicted octanol–water partition coefficient (Wildman–Crippen LogP) is 1.19. The van der Waals surface area contributed by atoms with Crippen molar-refractivity contribution in [3.63, 3.8) is 0 Å². The maximum Gasteiger partial charge on any atom is 0.217 e. The van der Waals surface area contributed by atoms with E-state index in [-0.39, 0.29) is 12.7 Å². The van der Waals surface area contributed by atoms with Gasteiger partial charge in [0.1, 0.15) is 25.3 Å². The van der Waals surface area contributed by atoms with E-state index in [4.69, 9.17) is 21.1 Å². The van der Waals surface area contributed by atoms with Gasteiger partial charge in [-0.15, -0.1) is 0 Å². The van der Waals surface area contributed by atoms with Crippen LogP contribution in [-0.2, 0) is 21.8 Å². The number of hydrogen-bond donors (Lipinski definition) is 1. The quantitative estimate of drug-likeness (QED) is 0.917. The van der Waals surface area contributed by atoms with Crippen LogP contribution in [0.25, 0.3) is 0 Å². The highest BCUT2D eigenvalue weighted by Crippen LogP contribution is 2.39. The van der Waals surface area contributed by atoms with Gasteiger partial charge in [-0.2, -0.15) is 5.10 Å². The normalized spacial score (nSPS) is 26.0. The van der Waals surface area contributed by atoms with E-state index in [1.165, 1.54) is 6.33 Å². The lowest BCUT2D eigenvalue weighted by Crippen LogP contribution is -2.34. The summed E-state index contributed by atoms with van der Waals surface area (Å²) in [6, 6.07) is 7.33. The molecule has 1 saturated heterocycles. The van der Waals surface area contributed by atoms with Crippen molar-refractivity contribution < 1.29 is 14.6 Å². The Hall–Kier alpha value is -1.47. The van der Waals surface area contributed by atoms with Crippen molar-refractivity contribution in [2.24, 2.45) is 0 Å². The van der Waals surface area contributed by atoms with E-state index in [1.807, 2.05) is 18.2 Å². The van der Waals surface area contributed by atoms with Crippen LogP contribution in [0.3, 0.4) is 0 Å². The van der Waals surface area contributed by atoms with Crippen LogP contribution in [0.2, 0.25) is 5.02 Å². The van der Waals surface area contributed by atoms with Gasteiger partial charge >= 0.3 is 0 Å². The van der Waals surface area contributed by atoms with Gasteiger partial charge in [-0.3, -0.25) is 0 Å². The summed E-state index contributed by atoms with van der Waals surface area (Å²) in [5.74, 6) is -1.06. The molecule has 1 aromatic carbocycles. The Labute approximate surface area is 120 Å². The van der Waals surface area contributed by atoms with Crippen LogP contribution in [0.4, 0.5) is 0 Å². The van der Waals surface area contributed by atoms with E-state index in [9.17, 15) is 5.11 Å². The molecule has 0 amide bonds. The van der Waals surface area contributed by atoms with Gasteiger partial charge in [0, 0.05) is 10.6 Å². The molecular formula is C13H14ClN3O3. The third-order valence-electron chi connectivity index (χ3n) is 3.18. The summed E-state index contributed by atoms with van der Waals surface area (Å²) in [5.41, 5.74) is 0.716. The van der Waals surface area contributed by atoms with Gasteiger partial charge in [0.15, 0.2) is 0 Å². The van der Waals surface area contributed by atoms with Crippen molar-refractivity contribution in [3.8, 4) is 0 Å². The molecule has 1 N–H and O–H groups in total. The van der Waals surface area contributed by atoms with Crippen molar-refractivity contribution in [2.75, 3.05) is 13.2 Å². The number of nitrogens with zero attached hydrogens (tertiary/aromatic N) is 3. The molecule has 1 aromatic heterocycles. The molecular weight excluding hydrogens is 282 g/mol. The summed E-state index contributed by atoms with van der Waals surface area (Å²) in [5, 5.41) is 13.9. The van der Waals surface area contributed by atoms with E-state index < -0.39 is 5.79 Å². The molecule has 0 aliphatic carbocycles. The van der Waals surface area contributed by atoms with Crippen molar-refractivity contribution in [1.29, 1.82) is 0 Å². The lowest BCUT2D eigenvalue weighted by molar-refractivity contribution is -0.191. The number of aliphatic hydroxyl groups excluding tert-OH is 1. The van der Waals surface area contributed by atoms with Gasteiger partial charge in [0.25, 0.3) is 0 Å². The Morgan fingerprint density at radius 2 is 2.30 bits per heavy atom. The van der Waals surface area contributed by atoms with Gasteiger partial charge in [0.05, 0.1) is 13.2 Å². The molecule has 7 heteroatoms. The fourth-order valence-corrected chi connectivity index (χ4v) is 2.54. The first-order chi connectivity index (χ1) is 9.73. The van der Waals surface area contributed by atoms with Crippen molar-refractivity contribution in [3.05, 3.63) is 47.5 Å². The van der Waals surface area contributed by atoms with Crippen molar-refractivity contribution >= 4 is 11.6 Å². The molecule has 106 valence electrons. The topological polar surface area (TPSA) is 69.4 Å². The third-order valence-corrected chi connectivity index (χ3v) is 3.51. The van der Waals surface area contributed by atoms with E-state index in [1.54, 1.807) is 17.1 Å². The third kappa shape index (κ3) is 2.43. The second-order valence-corrected chi connectivity index (χ2v) is 4.97. The standard InChI is InChI=1S/C13H14ClN3O3/c14-12-4-2-1-3-11(12)13(7-17-9-15-8-16-17)19-6-10(5-18)20-13/h1-4,8-10,18H,5-7H2. The van der Waals surface area contributed by atoms with E-state index >= 15 is 0 Å². The van der Waals surface area contributed by atoms with Crippen LogP contribution >= 0.6 is 11.6 Å². The smallest absolute Gasteiger partial charge is 0.217 e. The number of aromatic nitrogens is 3. The van der Waals surface area contributed by atoms with Gasteiger partial charge in [-0.25, -0.2) is 9.67 Å². The Kier molecular flexibility index (Phi) is 3.71. The minimum Gasteiger partial charge on any atom is -0.394 e. The van der Waals surface area contributed by atoms with E-state index in [0.717, 1.165) is 0 Å². The molecule has 1 aliphatic rings. The average Bonchev–Trinajstić information content (AvgIpc) is 3.10. The highest BCUT2D eigenvalue weighted by Gasteiger charge is 2.45.